The fourth-order valence-corrected chi connectivity index (χ4v) is 2.67. The molecule has 0 aromatic carbocycles. The summed E-state index contributed by atoms with van der Waals surface area (Å²) in [6.45, 7) is 7.79. The summed E-state index contributed by atoms with van der Waals surface area (Å²) in [5, 5.41) is 1.22. The lowest BCUT2D eigenvalue weighted by molar-refractivity contribution is 0.270. The van der Waals surface area contributed by atoms with Gasteiger partial charge in [-0.1, -0.05) is 6.92 Å². The molecular formula is C9H14N2S. The summed E-state index contributed by atoms with van der Waals surface area (Å²) in [6, 6.07) is 0. The zero-order chi connectivity index (χ0) is 8.55. The van der Waals surface area contributed by atoms with Gasteiger partial charge in [0.1, 0.15) is 0 Å². The molecular weight excluding hydrogens is 168 g/mol. The molecule has 0 fully saturated rings. The molecule has 0 saturated heterocycles. The lowest BCUT2D eigenvalue weighted by atomic mass is 10.2. The highest BCUT2D eigenvalue weighted by Crippen LogP contribution is 2.24. The lowest BCUT2D eigenvalue weighted by Crippen LogP contribution is -2.29. The highest BCUT2D eigenvalue weighted by molar-refractivity contribution is 7.11. The van der Waals surface area contributed by atoms with E-state index in [1.54, 1.807) is 0 Å². The average molecular weight is 182 g/mol. The molecule has 0 spiro atoms. The molecule has 0 saturated carbocycles. The molecule has 1 aliphatic rings. The first-order valence-corrected chi connectivity index (χ1v) is 5.28. The van der Waals surface area contributed by atoms with E-state index in [9.17, 15) is 0 Å². The average Bonchev–Trinajstić information content (AvgIpc) is 2.43. The van der Waals surface area contributed by atoms with Gasteiger partial charge in [-0.25, -0.2) is 4.98 Å². The Morgan fingerprint density at radius 2 is 2.42 bits per heavy atom. The van der Waals surface area contributed by atoms with Crippen LogP contribution in [0, 0.1) is 6.92 Å². The molecule has 2 heterocycles. The van der Waals surface area contributed by atoms with Crippen LogP contribution in [-0.4, -0.2) is 23.0 Å². The Kier molecular flexibility index (Phi) is 2.15. The fraction of sp³-hybridized carbons (Fsp3) is 0.667. The molecule has 0 radical (unpaired) electrons. The topological polar surface area (TPSA) is 16.1 Å². The van der Waals surface area contributed by atoms with E-state index in [2.05, 4.69) is 23.7 Å². The van der Waals surface area contributed by atoms with Gasteiger partial charge in [0.05, 0.1) is 10.7 Å². The molecule has 0 unspecified atom stereocenters. The van der Waals surface area contributed by atoms with Crippen molar-refractivity contribution in [1.82, 2.24) is 9.88 Å². The fourth-order valence-electron chi connectivity index (χ4n) is 1.65. The van der Waals surface area contributed by atoms with Crippen molar-refractivity contribution in [2.24, 2.45) is 0 Å². The van der Waals surface area contributed by atoms with Gasteiger partial charge in [-0.05, 0) is 13.5 Å². The Morgan fingerprint density at radius 3 is 3.17 bits per heavy atom. The number of hydrogen-bond acceptors (Lipinski definition) is 3. The van der Waals surface area contributed by atoms with E-state index in [1.807, 2.05) is 11.3 Å². The first-order valence-electron chi connectivity index (χ1n) is 4.47. The first kappa shape index (κ1) is 8.20. The summed E-state index contributed by atoms with van der Waals surface area (Å²) in [4.78, 5) is 8.47. The van der Waals surface area contributed by atoms with Crippen LogP contribution in [0.2, 0.25) is 0 Å². The number of rotatable bonds is 1. The summed E-state index contributed by atoms with van der Waals surface area (Å²) in [5.74, 6) is 0. The van der Waals surface area contributed by atoms with Gasteiger partial charge in [-0.15, -0.1) is 11.3 Å². The molecule has 66 valence electrons. The van der Waals surface area contributed by atoms with Crippen LogP contribution in [0.15, 0.2) is 0 Å². The van der Waals surface area contributed by atoms with E-state index in [0.29, 0.717) is 0 Å². The second kappa shape index (κ2) is 3.15. The third kappa shape index (κ3) is 1.39. The van der Waals surface area contributed by atoms with Crippen molar-refractivity contribution in [2.45, 2.75) is 26.8 Å². The van der Waals surface area contributed by atoms with Crippen molar-refractivity contribution in [2.75, 3.05) is 13.1 Å². The van der Waals surface area contributed by atoms with Crippen molar-refractivity contribution in [3.8, 4) is 0 Å². The quantitative estimate of drug-likeness (QED) is 0.658. The summed E-state index contributed by atoms with van der Waals surface area (Å²) >= 11 is 1.86. The van der Waals surface area contributed by atoms with Crippen LogP contribution in [0.25, 0.3) is 0 Å². The van der Waals surface area contributed by atoms with Gasteiger partial charge in [0, 0.05) is 24.4 Å². The molecule has 0 atom stereocenters. The van der Waals surface area contributed by atoms with Crippen molar-refractivity contribution < 1.29 is 0 Å². The van der Waals surface area contributed by atoms with E-state index >= 15 is 0 Å². The maximum absolute atomic E-state index is 4.51. The van der Waals surface area contributed by atoms with E-state index in [0.717, 1.165) is 19.5 Å². The van der Waals surface area contributed by atoms with Gasteiger partial charge in [0.2, 0.25) is 0 Å². The largest absolute Gasteiger partial charge is 0.298 e. The van der Waals surface area contributed by atoms with Crippen molar-refractivity contribution >= 4 is 11.3 Å². The number of hydrogen-bond donors (Lipinski definition) is 0. The Labute approximate surface area is 77.2 Å². The van der Waals surface area contributed by atoms with Crippen LogP contribution in [0.1, 0.15) is 22.5 Å². The monoisotopic (exact) mass is 182 g/mol. The van der Waals surface area contributed by atoms with Gasteiger partial charge in [-0.3, -0.25) is 4.90 Å². The van der Waals surface area contributed by atoms with Crippen LogP contribution >= 0.6 is 11.3 Å². The highest BCUT2D eigenvalue weighted by atomic mass is 32.1. The van der Waals surface area contributed by atoms with Crippen molar-refractivity contribution in [1.29, 1.82) is 0 Å². The number of aryl methyl sites for hydroxylation is 1. The molecule has 3 heteroatoms. The van der Waals surface area contributed by atoms with E-state index in [-0.39, 0.29) is 0 Å². The summed E-state index contributed by atoms with van der Waals surface area (Å²) in [7, 11) is 0. The van der Waals surface area contributed by atoms with Crippen LogP contribution < -0.4 is 0 Å². The minimum absolute atomic E-state index is 1.12. The number of nitrogens with zero attached hydrogens (tertiary/aromatic N) is 2. The number of aromatic nitrogens is 1. The second-order valence-corrected chi connectivity index (χ2v) is 4.51. The maximum Gasteiger partial charge on any atom is 0.0900 e. The Bertz CT molecular complexity index is 280. The summed E-state index contributed by atoms with van der Waals surface area (Å²) < 4.78 is 0. The number of thiazole rings is 1. The van der Waals surface area contributed by atoms with E-state index in [1.165, 1.54) is 22.1 Å². The molecule has 0 aliphatic carbocycles. The molecule has 1 aromatic rings. The van der Waals surface area contributed by atoms with Crippen molar-refractivity contribution in [3.63, 3.8) is 0 Å². The normalized spacial score (nSPS) is 17.8. The third-order valence-corrected chi connectivity index (χ3v) is 3.36. The zero-order valence-corrected chi connectivity index (χ0v) is 8.45. The molecule has 2 rings (SSSR count). The highest BCUT2D eigenvalue weighted by Gasteiger charge is 2.17. The van der Waals surface area contributed by atoms with E-state index < -0.39 is 0 Å². The number of fused-ring (bicyclic) bond motifs is 1. The molecule has 1 aromatic heterocycles. The van der Waals surface area contributed by atoms with Gasteiger partial charge in [0.15, 0.2) is 0 Å². The standard InChI is InChI=1S/C9H14N2S/c1-3-11-5-4-8-9(6-11)12-7(2)10-8/h3-6H2,1-2H3. The number of likely N-dealkylation sites (N-methyl/N-ethyl adjacent to an activating group) is 1. The van der Waals surface area contributed by atoms with Crippen molar-refractivity contribution in [3.05, 3.63) is 15.6 Å². The second-order valence-electron chi connectivity index (χ2n) is 3.22. The molecule has 2 nitrogen and oxygen atoms in total. The molecule has 12 heavy (non-hydrogen) atoms. The minimum Gasteiger partial charge on any atom is -0.298 e. The third-order valence-electron chi connectivity index (χ3n) is 2.36. The summed E-state index contributed by atoms with van der Waals surface area (Å²) in [5.41, 5.74) is 1.35. The van der Waals surface area contributed by atoms with E-state index in [4.69, 9.17) is 0 Å². The first-order chi connectivity index (χ1) is 5.79. The SMILES string of the molecule is CCN1CCc2nc(C)sc2C1. The maximum atomic E-state index is 4.51. The van der Waals surface area contributed by atoms with Gasteiger partial charge in [-0.2, -0.15) is 0 Å². The van der Waals surface area contributed by atoms with Crippen LogP contribution in [0.3, 0.4) is 0 Å². The predicted octanol–water partition coefficient (Wildman–Crippen LogP) is 1.83. The van der Waals surface area contributed by atoms with Gasteiger partial charge < -0.3 is 0 Å². The smallest absolute Gasteiger partial charge is 0.0900 e. The minimum atomic E-state index is 1.12. The van der Waals surface area contributed by atoms with Crippen LogP contribution in [0.5, 0.6) is 0 Å². The molecule has 0 bridgehead atoms. The summed E-state index contributed by atoms with van der Waals surface area (Å²) in [6.07, 6.45) is 1.15. The Morgan fingerprint density at radius 1 is 1.58 bits per heavy atom. The molecule has 0 amide bonds. The molecule has 1 aliphatic heterocycles. The molecule has 0 N–H and O–H groups in total. The predicted molar refractivity (Wildman–Crippen MR) is 51.5 cm³/mol. The Balaban J connectivity index is 2.22. The van der Waals surface area contributed by atoms with Gasteiger partial charge in [0.25, 0.3) is 0 Å². The van der Waals surface area contributed by atoms with Crippen LogP contribution in [-0.2, 0) is 13.0 Å². The lowest BCUT2D eigenvalue weighted by Gasteiger charge is -2.23. The van der Waals surface area contributed by atoms with Gasteiger partial charge >= 0.3 is 0 Å². The Hall–Kier alpha value is -0.410. The zero-order valence-electron chi connectivity index (χ0n) is 7.63. The van der Waals surface area contributed by atoms with Crippen LogP contribution in [0.4, 0.5) is 0 Å².